The molecule has 4 aromatic rings. The van der Waals surface area contributed by atoms with Crippen molar-refractivity contribution in [2.75, 3.05) is 11.9 Å². The summed E-state index contributed by atoms with van der Waals surface area (Å²) in [5, 5.41) is 5.59. The molecule has 29 heavy (non-hydrogen) atoms. The van der Waals surface area contributed by atoms with E-state index in [4.69, 9.17) is 32.4 Å². The normalized spacial score (nSPS) is 10.8. The van der Waals surface area contributed by atoms with Gasteiger partial charge in [0.2, 0.25) is 0 Å². The molecule has 2 aromatic carbocycles. The number of aromatic nitrogens is 2. The van der Waals surface area contributed by atoms with Gasteiger partial charge in [-0.15, -0.1) is 11.3 Å². The van der Waals surface area contributed by atoms with E-state index in [0.717, 1.165) is 5.56 Å². The third kappa shape index (κ3) is 4.24. The van der Waals surface area contributed by atoms with Gasteiger partial charge in [-0.2, -0.15) is 0 Å². The minimum atomic E-state index is -0.671. The van der Waals surface area contributed by atoms with Gasteiger partial charge in [0.1, 0.15) is 5.52 Å². The van der Waals surface area contributed by atoms with Gasteiger partial charge in [0, 0.05) is 10.9 Å². The second-order valence-corrected chi connectivity index (χ2v) is 7.47. The number of rotatable bonds is 5. The van der Waals surface area contributed by atoms with Crippen molar-refractivity contribution < 1.29 is 18.7 Å². The maximum absolute atomic E-state index is 12.2. The Labute approximate surface area is 178 Å². The number of hydrogen-bond donors (Lipinski definition) is 1. The zero-order valence-electron chi connectivity index (χ0n) is 14.5. The summed E-state index contributed by atoms with van der Waals surface area (Å²) in [4.78, 5) is 32.7. The zero-order chi connectivity index (χ0) is 20.4. The van der Waals surface area contributed by atoms with Crippen LogP contribution in [0.3, 0.4) is 0 Å². The molecule has 7 nitrogen and oxygen atoms in total. The molecule has 1 N–H and O–H groups in total. The Kier molecular flexibility index (Phi) is 5.48. The number of carbonyl (C=O) groups is 2. The molecule has 0 radical (unpaired) electrons. The Morgan fingerprint density at radius 3 is 2.86 bits per heavy atom. The van der Waals surface area contributed by atoms with Crippen LogP contribution in [0.1, 0.15) is 10.4 Å². The number of halogens is 2. The predicted molar refractivity (Wildman–Crippen MR) is 110 cm³/mol. The van der Waals surface area contributed by atoms with Crippen molar-refractivity contribution in [2.45, 2.75) is 0 Å². The number of oxazole rings is 1. The van der Waals surface area contributed by atoms with Crippen LogP contribution >= 0.6 is 34.5 Å². The molecule has 0 aliphatic carbocycles. The van der Waals surface area contributed by atoms with E-state index in [1.807, 2.05) is 0 Å². The van der Waals surface area contributed by atoms with Crippen molar-refractivity contribution in [1.82, 2.24) is 9.97 Å². The van der Waals surface area contributed by atoms with Gasteiger partial charge in [0.15, 0.2) is 23.7 Å². The molecule has 0 saturated heterocycles. The molecular weight excluding hydrogens is 437 g/mol. The van der Waals surface area contributed by atoms with Crippen LogP contribution in [-0.2, 0) is 9.53 Å². The van der Waals surface area contributed by atoms with Gasteiger partial charge in [-0.25, -0.2) is 14.8 Å². The lowest BCUT2D eigenvalue weighted by molar-refractivity contribution is -0.119. The van der Waals surface area contributed by atoms with Crippen molar-refractivity contribution in [3.63, 3.8) is 0 Å². The molecule has 0 fully saturated rings. The number of carbonyl (C=O) groups excluding carboxylic acids is 2. The minimum Gasteiger partial charge on any atom is -0.452 e. The number of esters is 1. The number of anilines is 1. The summed E-state index contributed by atoms with van der Waals surface area (Å²) >= 11 is 13.2. The molecule has 0 aliphatic heterocycles. The largest absolute Gasteiger partial charge is 0.452 e. The summed E-state index contributed by atoms with van der Waals surface area (Å²) in [5.74, 6) is -1.18. The first kappa shape index (κ1) is 19.4. The van der Waals surface area contributed by atoms with Crippen molar-refractivity contribution in [1.29, 1.82) is 0 Å². The molecule has 2 aromatic heterocycles. The highest BCUT2D eigenvalue weighted by Crippen LogP contribution is 2.30. The third-order valence-electron chi connectivity index (χ3n) is 3.88. The van der Waals surface area contributed by atoms with Gasteiger partial charge in [-0.3, -0.25) is 10.1 Å². The van der Waals surface area contributed by atoms with E-state index in [1.165, 1.54) is 17.7 Å². The quantitative estimate of drug-likeness (QED) is 0.430. The molecule has 2 heterocycles. The molecule has 0 saturated carbocycles. The predicted octanol–water partition coefficient (Wildman–Crippen LogP) is 5.05. The molecule has 10 heteroatoms. The number of fused-ring (bicyclic) bond motifs is 1. The SMILES string of the molecule is O=C(COC(=O)c1cccc2ocnc12)Nc1nc(-c2ccc(Cl)c(Cl)c2)cs1. The fraction of sp³-hybridized carbons (Fsp3) is 0.0526. The number of hydrogen-bond acceptors (Lipinski definition) is 7. The molecule has 146 valence electrons. The van der Waals surface area contributed by atoms with Crippen molar-refractivity contribution >= 4 is 62.6 Å². The Balaban J connectivity index is 1.38. The number of amides is 1. The van der Waals surface area contributed by atoms with E-state index in [0.29, 0.717) is 32.0 Å². The standard InChI is InChI=1S/C19H11Cl2N3O4S/c20-12-5-4-10(6-13(12)21)14-8-29-19(23-14)24-16(25)7-27-18(26)11-2-1-3-15-17(11)22-9-28-15/h1-6,8-9H,7H2,(H,23,24,25). The number of benzene rings is 2. The second kappa shape index (κ2) is 8.20. The van der Waals surface area contributed by atoms with E-state index < -0.39 is 18.5 Å². The summed E-state index contributed by atoms with van der Waals surface area (Å²) in [6.07, 6.45) is 1.24. The number of para-hydroxylation sites is 1. The van der Waals surface area contributed by atoms with E-state index in [1.54, 1.807) is 41.8 Å². The number of thiazole rings is 1. The van der Waals surface area contributed by atoms with Crippen molar-refractivity contribution in [3.05, 3.63) is 63.8 Å². The summed E-state index contributed by atoms with van der Waals surface area (Å²) < 4.78 is 10.2. The van der Waals surface area contributed by atoms with Crippen LogP contribution in [0.5, 0.6) is 0 Å². The minimum absolute atomic E-state index is 0.222. The van der Waals surface area contributed by atoms with Gasteiger partial charge in [-0.05, 0) is 24.3 Å². The van der Waals surface area contributed by atoms with Crippen molar-refractivity contribution in [2.24, 2.45) is 0 Å². The van der Waals surface area contributed by atoms with Gasteiger partial charge in [0.05, 0.1) is 21.3 Å². The molecular formula is C19H11Cl2N3O4S. The van der Waals surface area contributed by atoms with Crippen LogP contribution in [-0.4, -0.2) is 28.5 Å². The molecule has 1 amide bonds. The lowest BCUT2D eigenvalue weighted by atomic mass is 10.2. The van der Waals surface area contributed by atoms with Crippen LogP contribution in [0.25, 0.3) is 22.4 Å². The topological polar surface area (TPSA) is 94.3 Å². The molecule has 4 rings (SSSR count). The zero-order valence-corrected chi connectivity index (χ0v) is 16.8. The van der Waals surface area contributed by atoms with E-state index in [-0.39, 0.29) is 5.56 Å². The average molecular weight is 448 g/mol. The van der Waals surface area contributed by atoms with Crippen LogP contribution in [0, 0.1) is 0 Å². The Morgan fingerprint density at radius 2 is 2.03 bits per heavy atom. The molecule has 0 unspecified atom stereocenters. The van der Waals surface area contributed by atoms with Crippen LogP contribution in [0.15, 0.2) is 52.6 Å². The van der Waals surface area contributed by atoms with Crippen LogP contribution in [0.4, 0.5) is 5.13 Å². The number of nitrogens with zero attached hydrogens (tertiary/aromatic N) is 2. The lowest BCUT2D eigenvalue weighted by Crippen LogP contribution is -2.21. The smallest absolute Gasteiger partial charge is 0.340 e. The molecule has 0 spiro atoms. The highest BCUT2D eigenvalue weighted by atomic mass is 35.5. The fourth-order valence-corrected chi connectivity index (χ4v) is 3.57. The maximum Gasteiger partial charge on any atom is 0.340 e. The van der Waals surface area contributed by atoms with Gasteiger partial charge in [0.25, 0.3) is 5.91 Å². The Bertz CT molecular complexity index is 1220. The number of ether oxygens (including phenoxy) is 1. The molecule has 0 bridgehead atoms. The fourth-order valence-electron chi connectivity index (χ4n) is 2.53. The Morgan fingerprint density at radius 1 is 1.17 bits per heavy atom. The highest BCUT2D eigenvalue weighted by molar-refractivity contribution is 7.14. The first-order chi connectivity index (χ1) is 14.0. The monoisotopic (exact) mass is 447 g/mol. The first-order valence-electron chi connectivity index (χ1n) is 8.21. The summed E-state index contributed by atoms with van der Waals surface area (Å²) in [6.45, 7) is -0.464. The lowest BCUT2D eigenvalue weighted by Gasteiger charge is -2.05. The second-order valence-electron chi connectivity index (χ2n) is 5.80. The summed E-state index contributed by atoms with van der Waals surface area (Å²) in [7, 11) is 0. The highest BCUT2D eigenvalue weighted by Gasteiger charge is 2.16. The van der Waals surface area contributed by atoms with Crippen LogP contribution < -0.4 is 5.32 Å². The first-order valence-corrected chi connectivity index (χ1v) is 9.85. The van der Waals surface area contributed by atoms with E-state index in [2.05, 4.69) is 15.3 Å². The molecule has 0 aliphatic rings. The Hall–Kier alpha value is -2.94. The number of nitrogens with one attached hydrogen (secondary N) is 1. The van der Waals surface area contributed by atoms with Gasteiger partial charge >= 0.3 is 5.97 Å². The summed E-state index contributed by atoms with van der Waals surface area (Å²) in [5.41, 5.74) is 2.47. The van der Waals surface area contributed by atoms with Crippen LogP contribution in [0.2, 0.25) is 10.0 Å². The van der Waals surface area contributed by atoms with E-state index in [9.17, 15) is 9.59 Å². The van der Waals surface area contributed by atoms with Gasteiger partial charge < -0.3 is 9.15 Å². The van der Waals surface area contributed by atoms with E-state index >= 15 is 0 Å². The average Bonchev–Trinajstić information content (AvgIpc) is 3.37. The summed E-state index contributed by atoms with van der Waals surface area (Å²) in [6, 6.07) is 10.0. The molecule has 0 atom stereocenters. The maximum atomic E-state index is 12.2. The van der Waals surface area contributed by atoms with Gasteiger partial charge in [-0.1, -0.05) is 35.3 Å². The third-order valence-corrected chi connectivity index (χ3v) is 5.38. The van der Waals surface area contributed by atoms with Crippen molar-refractivity contribution in [3.8, 4) is 11.3 Å².